The molecule has 0 radical (unpaired) electrons. The van der Waals surface area contributed by atoms with Crippen LogP contribution in [0.1, 0.15) is 150 Å². The van der Waals surface area contributed by atoms with Crippen LogP contribution in [0.5, 0.6) is 0 Å². The van der Waals surface area contributed by atoms with Crippen molar-refractivity contribution >= 4 is 68.1 Å². The van der Waals surface area contributed by atoms with E-state index in [1.54, 1.807) is 33.2 Å². The number of hydrogen-bond donors (Lipinski definition) is 3. The number of carbonyl (C=O) groups is 5. The van der Waals surface area contributed by atoms with Gasteiger partial charge in [0.05, 0.1) is 36.0 Å². The third kappa shape index (κ3) is 14.5. The number of methoxy groups -OCH3 is 1. The first kappa shape index (κ1) is 57.7. The number of aryl methyl sites for hydroxylation is 2. The smallest absolute Gasteiger partial charge is 0.748 e. The Morgan fingerprint density at radius 3 is 2.16 bits per heavy atom. The van der Waals surface area contributed by atoms with E-state index in [4.69, 9.17) is 29.4 Å². The molecule has 3 N–H and O–H groups in total. The van der Waals surface area contributed by atoms with Crippen LogP contribution in [0.25, 0.3) is 22.1 Å². The maximum Gasteiger partial charge on any atom is 2.00 e. The van der Waals surface area contributed by atoms with Gasteiger partial charge >= 0.3 is 77.8 Å². The molecular weight excluding hydrogens is 1000 g/mol. The van der Waals surface area contributed by atoms with E-state index < -0.39 is 52.2 Å². The SMILES string of the molecule is CC[C@H]1c2cc3[n-]c(c(CC(=O)OC)c4nc(cc5[n-]c(cc(n2)C1C)c(C(C)=O)c5C)C(C)[C@@H]4CCC(=O)NC(CCOC=NC)CCC(=O)NC)c(C(=O)NCCS(=O)(=O)[O-])c3C.[K+].[Pd+2]. The minimum Gasteiger partial charge on any atom is -0.748 e. The number of ketones is 1. The molecule has 0 saturated heterocycles. The number of nitrogens with one attached hydrogen (secondary N) is 3. The van der Waals surface area contributed by atoms with Crippen molar-refractivity contribution in [1.82, 2.24) is 35.9 Å². The fourth-order valence-electron chi connectivity index (χ4n) is 8.71. The van der Waals surface area contributed by atoms with Gasteiger partial charge in [-0.05, 0) is 45.6 Å². The molecule has 2 aliphatic heterocycles. The molecule has 2 aliphatic rings. The first-order chi connectivity index (χ1) is 30.8. The molecule has 18 nitrogen and oxygen atoms in total. The molecule has 8 bridgehead atoms. The van der Waals surface area contributed by atoms with Crippen molar-refractivity contribution in [3.63, 3.8) is 0 Å². The standard InChI is InChI=1S/C46H62N8O10S.K.Pd/c1-10-30-24(2)33-22-38-42(28(6)55)26(4)35(52-38)20-34-25(3)31(12-14-40(57)50-29(11-13-39(56)48-8)15-17-64-23-47-7)44(53-34)32(19-41(58)63-9)45-43(46(59)49-16-18-65(60,61)62)27(5)36(54-45)21-37(30)51-33;;/h20-25,29-31H,10-19H2,1-9H3,(H6,48,49,50,51,52,53,54,55,56,57,59,60,61,62);;/q;+1;+2/p-3/t24?,25?,29?,30-,31+;;/m1../s1. The second kappa shape index (κ2) is 25.8. The minimum atomic E-state index is -4.67. The van der Waals surface area contributed by atoms with Crippen LogP contribution < -0.4 is 77.3 Å². The molecule has 67 heavy (non-hydrogen) atoms. The van der Waals surface area contributed by atoms with Crippen molar-refractivity contribution in [3.05, 3.63) is 68.8 Å². The molecule has 0 saturated carbocycles. The fourth-order valence-corrected chi connectivity index (χ4v) is 9.06. The predicted molar refractivity (Wildman–Crippen MR) is 243 cm³/mol. The first-order valence-electron chi connectivity index (χ1n) is 21.8. The fraction of sp³-hybridized carbons (Fsp3) is 0.522. The van der Waals surface area contributed by atoms with Gasteiger partial charge < -0.3 is 39.9 Å². The summed E-state index contributed by atoms with van der Waals surface area (Å²) in [5.74, 6) is -3.98. The number of rotatable bonds is 19. The molecule has 3 aromatic heterocycles. The van der Waals surface area contributed by atoms with E-state index in [1.807, 2.05) is 33.8 Å². The van der Waals surface area contributed by atoms with E-state index in [1.165, 1.54) is 20.4 Å². The maximum absolute atomic E-state index is 14.2. The normalized spacial score (nSPS) is 17.2. The number of hydrogen-bond acceptors (Lipinski definition) is 13. The Bertz CT molecular complexity index is 2630. The molecule has 3 aromatic rings. The van der Waals surface area contributed by atoms with Crippen molar-refractivity contribution < 1.29 is 118 Å². The average molecular weight is 1060 g/mol. The zero-order chi connectivity index (χ0) is 47.7. The number of fused-ring (bicyclic) bond motifs is 8. The number of Topliss-reactive ketones (excluding diaryl/α,β-unsaturated/α-hetero) is 1. The maximum atomic E-state index is 14.2. The molecule has 0 spiro atoms. The third-order valence-corrected chi connectivity index (χ3v) is 13.0. The zero-order valence-electron chi connectivity index (χ0n) is 39.8. The summed E-state index contributed by atoms with van der Waals surface area (Å²) in [5, 5.41) is 8.21. The average Bonchev–Trinajstić information content (AvgIpc) is 3.94. The van der Waals surface area contributed by atoms with Crippen LogP contribution in [0.3, 0.4) is 0 Å². The van der Waals surface area contributed by atoms with Crippen LogP contribution in [0.15, 0.2) is 23.2 Å². The van der Waals surface area contributed by atoms with E-state index in [0.29, 0.717) is 75.3 Å². The molecule has 360 valence electrons. The molecule has 3 unspecified atom stereocenters. The van der Waals surface area contributed by atoms with Gasteiger partial charge in [-0.3, -0.25) is 38.9 Å². The number of ether oxygens (including phenoxy) is 2. The van der Waals surface area contributed by atoms with Crippen LogP contribution in [0, 0.1) is 13.8 Å². The number of nitrogens with zero attached hydrogens (tertiary/aromatic N) is 5. The van der Waals surface area contributed by atoms with Gasteiger partial charge in [-0.25, -0.2) is 8.42 Å². The molecule has 5 rings (SSSR count). The minimum absolute atomic E-state index is 0. The van der Waals surface area contributed by atoms with Gasteiger partial charge in [0.1, 0.15) is 0 Å². The monoisotopic (exact) mass is 1060 g/mol. The summed E-state index contributed by atoms with van der Waals surface area (Å²) in [7, 11) is -0.325. The summed E-state index contributed by atoms with van der Waals surface area (Å²) in [6.07, 6.45) is 2.78. The summed E-state index contributed by atoms with van der Waals surface area (Å²) in [6, 6.07) is 5.03. The topological polar surface area (TPSA) is 263 Å². The number of esters is 1. The number of aliphatic imine (C=N–C) groups is 1. The van der Waals surface area contributed by atoms with Gasteiger partial charge in [-0.1, -0.05) is 50.1 Å². The van der Waals surface area contributed by atoms with Crippen molar-refractivity contribution in [2.75, 3.05) is 40.1 Å². The van der Waals surface area contributed by atoms with Gasteiger partial charge in [0.25, 0.3) is 0 Å². The van der Waals surface area contributed by atoms with E-state index in [9.17, 15) is 36.9 Å². The van der Waals surface area contributed by atoms with Crippen molar-refractivity contribution in [2.24, 2.45) is 4.99 Å². The summed E-state index contributed by atoms with van der Waals surface area (Å²) in [5.41, 5.74) is 5.53. The first-order valence-corrected chi connectivity index (χ1v) is 23.4. The Kier molecular flexibility index (Phi) is 22.2. The molecule has 0 fully saturated rings. The van der Waals surface area contributed by atoms with Gasteiger partial charge in [0.2, 0.25) is 17.7 Å². The quantitative estimate of drug-likeness (QED) is 0.0292. The summed E-state index contributed by atoms with van der Waals surface area (Å²) < 4.78 is 45.2. The molecule has 3 amide bonds. The van der Waals surface area contributed by atoms with Crippen LogP contribution in [-0.4, -0.2) is 105 Å². The molecule has 5 heterocycles. The van der Waals surface area contributed by atoms with Crippen molar-refractivity contribution in [2.45, 2.75) is 116 Å². The molecule has 0 aromatic carbocycles. The van der Waals surface area contributed by atoms with Gasteiger partial charge in [-0.15, -0.1) is 22.1 Å². The third-order valence-electron chi connectivity index (χ3n) is 12.3. The van der Waals surface area contributed by atoms with Gasteiger partial charge in [0.15, 0.2) is 12.2 Å². The molecule has 0 aliphatic carbocycles. The van der Waals surface area contributed by atoms with Crippen molar-refractivity contribution in [1.29, 1.82) is 0 Å². The van der Waals surface area contributed by atoms with Gasteiger partial charge in [-0.2, -0.15) is 0 Å². The van der Waals surface area contributed by atoms with Crippen LogP contribution in [0.2, 0.25) is 0 Å². The van der Waals surface area contributed by atoms with Crippen LogP contribution in [0.4, 0.5) is 0 Å². The molecular formula is C46H59KN8O10PdS. The second-order valence-electron chi connectivity index (χ2n) is 16.6. The Hall–Kier alpha value is -3.65. The number of amides is 3. The van der Waals surface area contributed by atoms with Crippen LogP contribution in [-0.2, 0) is 60.8 Å². The Balaban J connectivity index is 0.00000595. The predicted octanol–water partition coefficient (Wildman–Crippen LogP) is 1.43. The van der Waals surface area contributed by atoms with E-state index in [0.717, 1.165) is 0 Å². The van der Waals surface area contributed by atoms with E-state index in [2.05, 4.69) is 20.9 Å². The van der Waals surface area contributed by atoms with E-state index >= 15 is 0 Å². The molecule has 5 atom stereocenters. The summed E-state index contributed by atoms with van der Waals surface area (Å²) in [6.45, 7) is 10.8. The van der Waals surface area contributed by atoms with Crippen LogP contribution >= 0.6 is 0 Å². The Morgan fingerprint density at radius 2 is 1.54 bits per heavy atom. The largest absolute Gasteiger partial charge is 2.00 e. The zero-order valence-corrected chi connectivity index (χ0v) is 45.3. The Morgan fingerprint density at radius 1 is 0.910 bits per heavy atom. The summed E-state index contributed by atoms with van der Waals surface area (Å²) >= 11 is 0. The Labute approximate surface area is 448 Å². The van der Waals surface area contributed by atoms with Gasteiger partial charge in [0, 0.05) is 104 Å². The molecule has 21 heteroatoms. The number of carbonyl (C=O) groups excluding carboxylic acids is 5. The number of aromatic nitrogens is 4. The second-order valence-corrected chi connectivity index (χ2v) is 18.1. The summed E-state index contributed by atoms with van der Waals surface area (Å²) in [4.78, 5) is 90.8. The van der Waals surface area contributed by atoms with E-state index in [-0.39, 0.29) is 150 Å². The van der Waals surface area contributed by atoms with Crippen molar-refractivity contribution in [3.8, 4) is 0 Å².